The van der Waals surface area contributed by atoms with Crippen molar-refractivity contribution in [2.24, 2.45) is 0 Å². The molecule has 0 aliphatic carbocycles. The fourth-order valence-corrected chi connectivity index (χ4v) is 3.82. The van der Waals surface area contributed by atoms with Crippen LogP contribution in [0.1, 0.15) is 47.7 Å². The van der Waals surface area contributed by atoms with Gasteiger partial charge in [-0.25, -0.2) is 0 Å². The number of hydrogen-bond acceptors (Lipinski definition) is 6. The Morgan fingerprint density at radius 1 is 1.10 bits per heavy atom. The van der Waals surface area contributed by atoms with E-state index in [-0.39, 0.29) is 22.8 Å². The van der Waals surface area contributed by atoms with E-state index in [1.807, 2.05) is 12.1 Å². The zero-order valence-electron chi connectivity index (χ0n) is 17.9. The fourth-order valence-electron chi connectivity index (χ4n) is 3.82. The molecule has 1 amide bonds. The monoisotopic (exact) mass is 414 g/mol. The van der Waals surface area contributed by atoms with Crippen molar-refractivity contribution in [2.75, 3.05) is 32.8 Å². The molecule has 0 atom stereocenters. The van der Waals surface area contributed by atoms with Gasteiger partial charge in [-0.05, 0) is 36.0 Å². The van der Waals surface area contributed by atoms with Gasteiger partial charge < -0.3 is 19.1 Å². The number of nitro benzene ring substituents is 1. The van der Waals surface area contributed by atoms with Crippen molar-refractivity contribution in [3.05, 3.63) is 51.1 Å². The van der Waals surface area contributed by atoms with Gasteiger partial charge in [-0.2, -0.15) is 0 Å². The number of anilines is 1. The second-order valence-corrected chi connectivity index (χ2v) is 7.40. The predicted octanol–water partition coefficient (Wildman–Crippen LogP) is 4.34. The van der Waals surface area contributed by atoms with E-state index in [0.29, 0.717) is 12.5 Å². The molecule has 8 nitrogen and oxygen atoms in total. The molecule has 2 aromatic rings. The SMILES string of the molecule is COc1cc(C(=O)N2CCCc3cc(C(C)C)ccc32)c([N+](=O)[O-])c(OC)c1OC. The third-order valence-corrected chi connectivity index (χ3v) is 5.35. The van der Waals surface area contributed by atoms with Gasteiger partial charge in [-0.1, -0.05) is 26.0 Å². The molecule has 0 aromatic heterocycles. The molecule has 0 saturated heterocycles. The summed E-state index contributed by atoms with van der Waals surface area (Å²) in [6.07, 6.45) is 1.63. The molecule has 8 heteroatoms. The normalized spacial score (nSPS) is 13.1. The lowest BCUT2D eigenvalue weighted by Crippen LogP contribution is -2.36. The van der Waals surface area contributed by atoms with E-state index in [1.54, 1.807) is 4.90 Å². The smallest absolute Gasteiger partial charge is 0.327 e. The van der Waals surface area contributed by atoms with Crippen molar-refractivity contribution in [2.45, 2.75) is 32.6 Å². The third-order valence-electron chi connectivity index (χ3n) is 5.35. The Morgan fingerprint density at radius 2 is 1.80 bits per heavy atom. The highest BCUT2D eigenvalue weighted by molar-refractivity contribution is 6.10. The van der Waals surface area contributed by atoms with Gasteiger partial charge in [0.15, 0.2) is 5.75 Å². The molecule has 0 fully saturated rings. The van der Waals surface area contributed by atoms with Crippen LogP contribution in [0.5, 0.6) is 17.2 Å². The Kier molecular flexibility index (Phi) is 6.14. The minimum Gasteiger partial charge on any atom is -0.493 e. The van der Waals surface area contributed by atoms with Crippen molar-refractivity contribution in [1.29, 1.82) is 0 Å². The standard InChI is InChI=1S/C22H26N2O6/c1-13(2)14-8-9-17-15(11-14)7-6-10-23(17)22(25)16-12-18(28-3)20(29-4)21(30-5)19(16)24(26)27/h8-9,11-13H,6-7,10H2,1-5H3. The first kappa shape index (κ1) is 21.4. The van der Waals surface area contributed by atoms with E-state index in [9.17, 15) is 14.9 Å². The molecule has 3 rings (SSSR count). The van der Waals surface area contributed by atoms with Crippen molar-refractivity contribution in [3.8, 4) is 17.2 Å². The molecule has 0 spiro atoms. The summed E-state index contributed by atoms with van der Waals surface area (Å²) in [4.78, 5) is 26.4. The third kappa shape index (κ3) is 3.65. The molecule has 30 heavy (non-hydrogen) atoms. The molecule has 0 unspecified atom stereocenters. The van der Waals surface area contributed by atoms with Crippen LogP contribution in [-0.4, -0.2) is 38.7 Å². The Hall–Kier alpha value is -3.29. The Labute approximate surface area is 175 Å². The Balaban J connectivity index is 2.16. The minimum atomic E-state index is -0.624. The number of carbonyl (C=O) groups is 1. The van der Waals surface area contributed by atoms with E-state index in [4.69, 9.17) is 14.2 Å². The lowest BCUT2D eigenvalue weighted by Gasteiger charge is -2.30. The van der Waals surface area contributed by atoms with Crippen molar-refractivity contribution >= 4 is 17.3 Å². The van der Waals surface area contributed by atoms with Crippen LogP contribution in [0.4, 0.5) is 11.4 Å². The Bertz CT molecular complexity index is 986. The zero-order chi connectivity index (χ0) is 22.0. The van der Waals surface area contributed by atoms with Crippen LogP contribution in [0.3, 0.4) is 0 Å². The predicted molar refractivity (Wildman–Crippen MR) is 113 cm³/mol. The summed E-state index contributed by atoms with van der Waals surface area (Å²) < 4.78 is 15.8. The van der Waals surface area contributed by atoms with Crippen LogP contribution in [0.2, 0.25) is 0 Å². The van der Waals surface area contributed by atoms with Gasteiger partial charge in [0.2, 0.25) is 11.5 Å². The number of fused-ring (bicyclic) bond motifs is 1. The summed E-state index contributed by atoms with van der Waals surface area (Å²) >= 11 is 0. The summed E-state index contributed by atoms with van der Waals surface area (Å²) in [5, 5.41) is 11.9. The molecule has 0 saturated carbocycles. The lowest BCUT2D eigenvalue weighted by molar-refractivity contribution is -0.386. The van der Waals surface area contributed by atoms with Gasteiger partial charge in [0, 0.05) is 18.3 Å². The van der Waals surface area contributed by atoms with Crippen molar-refractivity contribution in [3.63, 3.8) is 0 Å². The van der Waals surface area contributed by atoms with E-state index in [1.165, 1.54) is 33.0 Å². The second kappa shape index (κ2) is 8.61. The molecule has 1 aliphatic heterocycles. The highest BCUT2D eigenvalue weighted by atomic mass is 16.6. The van der Waals surface area contributed by atoms with Gasteiger partial charge in [-0.3, -0.25) is 14.9 Å². The van der Waals surface area contributed by atoms with Crippen molar-refractivity contribution < 1.29 is 23.9 Å². The average Bonchev–Trinajstić information content (AvgIpc) is 2.75. The van der Waals surface area contributed by atoms with E-state index in [0.717, 1.165) is 24.1 Å². The molecule has 0 N–H and O–H groups in total. The molecule has 1 heterocycles. The van der Waals surface area contributed by atoms with E-state index in [2.05, 4.69) is 19.9 Å². The molecular formula is C22H26N2O6. The lowest BCUT2D eigenvalue weighted by atomic mass is 9.94. The first-order valence-corrected chi connectivity index (χ1v) is 9.76. The van der Waals surface area contributed by atoms with Gasteiger partial charge >= 0.3 is 5.69 Å². The number of rotatable bonds is 6. The molecular weight excluding hydrogens is 388 g/mol. The topological polar surface area (TPSA) is 91.1 Å². The molecule has 0 radical (unpaired) electrons. The number of aryl methyl sites for hydroxylation is 1. The number of methoxy groups -OCH3 is 3. The number of amides is 1. The largest absolute Gasteiger partial charge is 0.493 e. The molecule has 2 aromatic carbocycles. The highest BCUT2D eigenvalue weighted by Gasteiger charge is 2.35. The maximum absolute atomic E-state index is 13.5. The fraction of sp³-hybridized carbons (Fsp3) is 0.409. The van der Waals surface area contributed by atoms with Crippen molar-refractivity contribution in [1.82, 2.24) is 0 Å². The van der Waals surface area contributed by atoms with Crippen LogP contribution >= 0.6 is 0 Å². The quantitative estimate of drug-likeness (QED) is 0.516. The summed E-state index contributed by atoms with van der Waals surface area (Å²) in [5.41, 5.74) is 2.50. The minimum absolute atomic E-state index is 0.0730. The van der Waals surface area contributed by atoms with Gasteiger partial charge in [0.1, 0.15) is 5.56 Å². The maximum atomic E-state index is 13.5. The summed E-state index contributed by atoms with van der Waals surface area (Å²) in [7, 11) is 4.06. The number of ether oxygens (including phenoxy) is 3. The summed E-state index contributed by atoms with van der Waals surface area (Å²) in [6, 6.07) is 7.38. The number of nitro groups is 1. The van der Waals surface area contributed by atoms with Crippen LogP contribution in [-0.2, 0) is 6.42 Å². The summed E-state index contributed by atoms with van der Waals surface area (Å²) in [6.45, 7) is 4.71. The molecule has 1 aliphatic rings. The summed E-state index contributed by atoms with van der Waals surface area (Å²) in [5.74, 6) is 0.0222. The van der Waals surface area contributed by atoms with Gasteiger partial charge in [-0.15, -0.1) is 0 Å². The van der Waals surface area contributed by atoms with Crippen LogP contribution in [0.25, 0.3) is 0 Å². The number of carbonyl (C=O) groups excluding carboxylic acids is 1. The maximum Gasteiger partial charge on any atom is 0.327 e. The van der Waals surface area contributed by atoms with Gasteiger partial charge in [0.25, 0.3) is 5.91 Å². The molecule has 160 valence electrons. The van der Waals surface area contributed by atoms with E-state index < -0.39 is 16.5 Å². The first-order chi connectivity index (χ1) is 14.3. The van der Waals surface area contributed by atoms with Gasteiger partial charge in [0.05, 0.1) is 26.3 Å². The number of benzene rings is 2. The average molecular weight is 414 g/mol. The number of nitrogens with zero attached hydrogens (tertiary/aromatic N) is 2. The van der Waals surface area contributed by atoms with E-state index >= 15 is 0 Å². The Morgan fingerprint density at radius 3 is 2.37 bits per heavy atom. The zero-order valence-corrected chi connectivity index (χ0v) is 17.9. The van der Waals surface area contributed by atoms with Crippen LogP contribution in [0.15, 0.2) is 24.3 Å². The number of hydrogen-bond donors (Lipinski definition) is 0. The second-order valence-electron chi connectivity index (χ2n) is 7.40. The van der Waals surface area contributed by atoms with Crippen LogP contribution in [0, 0.1) is 10.1 Å². The highest BCUT2D eigenvalue weighted by Crippen LogP contribution is 2.47. The van der Waals surface area contributed by atoms with Crippen LogP contribution < -0.4 is 19.1 Å². The molecule has 0 bridgehead atoms. The first-order valence-electron chi connectivity index (χ1n) is 9.76.